The summed E-state index contributed by atoms with van der Waals surface area (Å²) in [6.07, 6.45) is 0. The Morgan fingerprint density at radius 3 is 2.43 bits per heavy atom. The van der Waals surface area contributed by atoms with E-state index in [4.69, 9.17) is 16.3 Å². The molecule has 1 atom stereocenters. The third-order valence-electron chi connectivity index (χ3n) is 3.72. The molecular formula is C18H22ClNO. The van der Waals surface area contributed by atoms with Crippen molar-refractivity contribution in [2.45, 2.75) is 19.8 Å². The van der Waals surface area contributed by atoms with Gasteiger partial charge in [-0.15, -0.1) is 0 Å². The van der Waals surface area contributed by atoms with E-state index in [-0.39, 0.29) is 0 Å². The molecule has 0 aliphatic rings. The van der Waals surface area contributed by atoms with Crippen LogP contribution in [-0.2, 0) is 0 Å². The average molecular weight is 304 g/mol. The van der Waals surface area contributed by atoms with Crippen LogP contribution in [0.15, 0.2) is 48.5 Å². The lowest BCUT2D eigenvalue weighted by atomic mass is 9.88. The van der Waals surface area contributed by atoms with Crippen molar-refractivity contribution in [2.75, 3.05) is 19.0 Å². The molecule has 0 aliphatic carbocycles. The summed E-state index contributed by atoms with van der Waals surface area (Å²) >= 11 is 6.24. The van der Waals surface area contributed by atoms with Crippen LogP contribution in [0, 0.1) is 5.92 Å². The number of ether oxygens (including phenoxy) is 1. The van der Waals surface area contributed by atoms with E-state index in [1.54, 1.807) is 7.11 Å². The molecule has 0 radical (unpaired) electrons. The maximum atomic E-state index is 6.24. The van der Waals surface area contributed by atoms with E-state index in [1.807, 2.05) is 24.3 Å². The van der Waals surface area contributed by atoms with Crippen LogP contribution in [0.4, 0.5) is 5.69 Å². The van der Waals surface area contributed by atoms with Crippen LogP contribution in [0.3, 0.4) is 0 Å². The average Bonchev–Trinajstić information content (AvgIpc) is 2.50. The smallest absolute Gasteiger partial charge is 0.121 e. The van der Waals surface area contributed by atoms with Crippen LogP contribution in [0.25, 0.3) is 0 Å². The number of benzene rings is 2. The first kappa shape index (κ1) is 15.7. The minimum atomic E-state index is 0.438. The lowest BCUT2D eigenvalue weighted by Crippen LogP contribution is -2.18. The van der Waals surface area contributed by atoms with Crippen molar-refractivity contribution in [3.63, 3.8) is 0 Å². The highest BCUT2D eigenvalue weighted by Crippen LogP contribution is 2.29. The summed E-state index contributed by atoms with van der Waals surface area (Å²) in [5.41, 5.74) is 2.26. The molecule has 21 heavy (non-hydrogen) atoms. The van der Waals surface area contributed by atoms with Crippen molar-refractivity contribution in [2.24, 2.45) is 5.92 Å². The van der Waals surface area contributed by atoms with Crippen molar-refractivity contribution < 1.29 is 4.74 Å². The standard InChI is InChI=1S/C18H22ClNO/c1-13(2)16(14-7-5-4-6-8-14)12-20-18-11-15(21-3)9-10-17(18)19/h4-11,13,16,20H,12H2,1-3H3. The maximum Gasteiger partial charge on any atom is 0.121 e. The summed E-state index contributed by atoms with van der Waals surface area (Å²) in [6.45, 7) is 5.33. The van der Waals surface area contributed by atoms with Gasteiger partial charge < -0.3 is 10.1 Å². The number of rotatable bonds is 6. The van der Waals surface area contributed by atoms with Gasteiger partial charge in [0, 0.05) is 18.5 Å². The van der Waals surface area contributed by atoms with Crippen LogP contribution < -0.4 is 10.1 Å². The second kappa shape index (κ2) is 7.37. The predicted molar refractivity (Wildman–Crippen MR) is 90.5 cm³/mol. The van der Waals surface area contributed by atoms with Gasteiger partial charge in [0.05, 0.1) is 17.8 Å². The zero-order valence-electron chi connectivity index (χ0n) is 12.8. The summed E-state index contributed by atoms with van der Waals surface area (Å²) in [5, 5.41) is 4.17. The van der Waals surface area contributed by atoms with Crippen molar-refractivity contribution in [3.05, 3.63) is 59.1 Å². The van der Waals surface area contributed by atoms with Gasteiger partial charge in [0.15, 0.2) is 0 Å². The third-order valence-corrected chi connectivity index (χ3v) is 4.05. The largest absolute Gasteiger partial charge is 0.497 e. The van der Waals surface area contributed by atoms with Gasteiger partial charge in [-0.1, -0.05) is 55.8 Å². The summed E-state index contributed by atoms with van der Waals surface area (Å²) in [5.74, 6) is 1.79. The van der Waals surface area contributed by atoms with Crippen LogP contribution in [0.5, 0.6) is 5.75 Å². The molecule has 0 fully saturated rings. The zero-order valence-corrected chi connectivity index (χ0v) is 13.5. The van der Waals surface area contributed by atoms with Crippen molar-refractivity contribution in [3.8, 4) is 5.75 Å². The lowest BCUT2D eigenvalue weighted by molar-refractivity contribution is 0.415. The van der Waals surface area contributed by atoms with Crippen LogP contribution in [0.2, 0.25) is 5.02 Å². The van der Waals surface area contributed by atoms with Crippen molar-refractivity contribution >= 4 is 17.3 Å². The van der Waals surface area contributed by atoms with E-state index < -0.39 is 0 Å². The van der Waals surface area contributed by atoms with Gasteiger partial charge in [-0.2, -0.15) is 0 Å². The molecule has 3 heteroatoms. The molecule has 0 heterocycles. The molecule has 0 bridgehead atoms. The van der Waals surface area contributed by atoms with Crippen LogP contribution in [0.1, 0.15) is 25.3 Å². The van der Waals surface area contributed by atoms with E-state index in [0.717, 1.165) is 18.0 Å². The summed E-state index contributed by atoms with van der Waals surface area (Å²) in [4.78, 5) is 0. The lowest BCUT2D eigenvalue weighted by Gasteiger charge is -2.23. The maximum absolute atomic E-state index is 6.24. The summed E-state index contributed by atoms with van der Waals surface area (Å²) < 4.78 is 5.25. The Morgan fingerprint density at radius 1 is 1.10 bits per heavy atom. The van der Waals surface area contributed by atoms with Crippen molar-refractivity contribution in [1.29, 1.82) is 0 Å². The second-order valence-electron chi connectivity index (χ2n) is 5.49. The fourth-order valence-electron chi connectivity index (χ4n) is 2.43. The molecule has 2 rings (SSSR count). The molecule has 0 saturated heterocycles. The van der Waals surface area contributed by atoms with E-state index in [2.05, 4.69) is 43.4 Å². The van der Waals surface area contributed by atoms with Gasteiger partial charge in [-0.25, -0.2) is 0 Å². The number of hydrogen-bond acceptors (Lipinski definition) is 2. The fourth-order valence-corrected chi connectivity index (χ4v) is 2.61. The van der Waals surface area contributed by atoms with Gasteiger partial charge in [0.25, 0.3) is 0 Å². The van der Waals surface area contributed by atoms with Gasteiger partial charge in [0.1, 0.15) is 5.75 Å². The number of halogens is 1. The SMILES string of the molecule is COc1ccc(Cl)c(NCC(c2ccccc2)C(C)C)c1. The Bertz CT molecular complexity index is 569. The Morgan fingerprint density at radius 2 is 1.81 bits per heavy atom. The number of nitrogens with one attached hydrogen (secondary N) is 1. The van der Waals surface area contributed by atoms with Gasteiger partial charge >= 0.3 is 0 Å². The van der Waals surface area contributed by atoms with Gasteiger partial charge in [0.2, 0.25) is 0 Å². The molecule has 2 aromatic carbocycles. The zero-order chi connectivity index (χ0) is 15.2. The molecule has 0 amide bonds. The number of anilines is 1. The van der Waals surface area contributed by atoms with Crippen LogP contribution >= 0.6 is 11.6 Å². The van der Waals surface area contributed by atoms with E-state index in [9.17, 15) is 0 Å². The first-order valence-corrected chi connectivity index (χ1v) is 7.62. The minimum absolute atomic E-state index is 0.438. The topological polar surface area (TPSA) is 21.3 Å². The first-order valence-electron chi connectivity index (χ1n) is 7.24. The van der Waals surface area contributed by atoms with E-state index in [1.165, 1.54) is 5.56 Å². The predicted octanol–water partition coefficient (Wildman–Crippen LogP) is 5.20. The fraction of sp³-hybridized carbons (Fsp3) is 0.333. The molecule has 2 nitrogen and oxygen atoms in total. The second-order valence-corrected chi connectivity index (χ2v) is 5.90. The summed E-state index contributed by atoms with van der Waals surface area (Å²) in [6, 6.07) is 16.2. The molecule has 0 aromatic heterocycles. The summed E-state index contributed by atoms with van der Waals surface area (Å²) in [7, 11) is 1.66. The molecule has 2 aromatic rings. The molecule has 112 valence electrons. The Hall–Kier alpha value is -1.67. The number of hydrogen-bond donors (Lipinski definition) is 1. The minimum Gasteiger partial charge on any atom is -0.497 e. The highest BCUT2D eigenvalue weighted by Gasteiger charge is 2.16. The quantitative estimate of drug-likeness (QED) is 0.792. The molecule has 0 saturated carbocycles. The Balaban J connectivity index is 2.13. The normalized spacial score (nSPS) is 12.2. The highest BCUT2D eigenvalue weighted by molar-refractivity contribution is 6.33. The van der Waals surface area contributed by atoms with E-state index >= 15 is 0 Å². The molecular weight excluding hydrogens is 282 g/mol. The Kier molecular flexibility index (Phi) is 5.51. The number of methoxy groups -OCH3 is 1. The third kappa shape index (κ3) is 4.15. The van der Waals surface area contributed by atoms with E-state index in [0.29, 0.717) is 16.9 Å². The highest BCUT2D eigenvalue weighted by atomic mass is 35.5. The van der Waals surface area contributed by atoms with Gasteiger partial charge in [-0.3, -0.25) is 0 Å². The molecule has 1 unspecified atom stereocenters. The first-order chi connectivity index (χ1) is 10.1. The molecule has 0 aliphatic heterocycles. The van der Waals surface area contributed by atoms with Crippen LogP contribution in [-0.4, -0.2) is 13.7 Å². The van der Waals surface area contributed by atoms with Gasteiger partial charge in [-0.05, 0) is 23.6 Å². The monoisotopic (exact) mass is 303 g/mol. The van der Waals surface area contributed by atoms with Crippen molar-refractivity contribution in [1.82, 2.24) is 0 Å². The Labute approximate surface area is 132 Å². The molecule has 1 N–H and O–H groups in total. The molecule has 0 spiro atoms.